The Labute approximate surface area is 110 Å². The van der Waals surface area contributed by atoms with Crippen molar-refractivity contribution in [1.29, 1.82) is 0 Å². The molecule has 0 fully saturated rings. The second-order valence-electron chi connectivity index (χ2n) is 3.46. The molecule has 0 radical (unpaired) electrons. The zero-order valence-corrected chi connectivity index (χ0v) is 10.2. The molecular weight excluding hydrogens is 268 g/mol. The Bertz CT molecular complexity index is 758. The Hall–Kier alpha value is -2.55. The molecule has 3 rings (SSSR count). The number of nitrogens with zero attached hydrogens (tertiary/aromatic N) is 6. The third-order valence-electron chi connectivity index (χ3n) is 2.28. The molecule has 0 aliphatic rings. The lowest BCUT2D eigenvalue weighted by Gasteiger charge is -2.04. The molecule has 19 heavy (non-hydrogen) atoms. The Kier molecular flexibility index (Phi) is 2.80. The highest BCUT2D eigenvalue weighted by molar-refractivity contribution is 7.99. The molecule has 8 nitrogen and oxygen atoms in total. The van der Waals surface area contributed by atoms with Crippen molar-refractivity contribution in [2.75, 3.05) is 0 Å². The molecule has 0 bridgehead atoms. The average Bonchev–Trinajstić information content (AvgIpc) is 2.88. The summed E-state index contributed by atoms with van der Waals surface area (Å²) in [7, 11) is 0. The Morgan fingerprint density at radius 3 is 3.11 bits per heavy atom. The number of tetrazole rings is 1. The van der Waals surface area contributed by atoms with E-state index in [1.807, 2.05) is 0 Å². The van der Waals surface area contributed by atoms with Gasteiger partial charge in [0, 0.05) is 6.20 Å². The predicted octanol–water partition coefficient (Wildman–Crippen LogP) is 0.764. The molecule has 0 aliphatic heterocycles. The van der Waals surface area contributed by atoms with Crippen LogP contribution in [0.4, 0.5) is 0 Å². The molecule has 0 aromatic carbocycles. The summed E-state index contributed by atoms with van der Waals surface area (Å²) in [5.74, 6) is -1.03. The van der Waals surface area contributed by atoms with Gasteiger partial charge in [-0.3, -0.25) is 4.98 Å². The Balaban J connectivity index is 2.06. The first-order valence-corrected chi connectivity index (χ1v) is 5.95. The van der Waals surface area contributed by atoms with Crippen molar-refractivity contribution in [3.63, 3.8) is 0 Å². The Morgan fingerprint density at radius 2 is 2.26 bits per heavy atom. The number of carboxylic acid groups (broad SMARTS) is 1. The summed E-state index contributed by atoms with van der Waals surface area (Å²) < 4.78 is 1.47. The van der Waals surface area contributed by atoms with E-state index in [1.165, 1.54) is 23.0 Å². The van der Waals surface area contributed by atoms with Crippen molar-refractivity contribution in [2.24, 2.45) is 0 Å². The van der Waals surface area contributed by atoms with Gasteiger partial charge in [-0.1, -0.05) is 0 Å². The maximum absolute atomic E-state index is 11.1. The van der Waals surface area contributed by atoms with Crippen LogP contribution >= 0.6 is 11.8 Å². The second-order valence-corrected chi connectivity index (χ2v) is 4.47. The molecule has 3 heterocycles. The summed E-state index contributed by atoms with van der Waals surface area (Å²) in [5.41, 5.74) is 0.607. The third kappa shape index (κ3) is 2.10. The van der Waals surface area contributed by atoms with Gasteiger partial charge in [-0.2, -0.15) is 4.52 Å². The predicted molar refractivity (Wildman–Crippen MR) is 63.9 cm³/mol. The van der Waals surface area contributed by atoms with Gasteiger partial charge in [0.1, 0.15) is 10.1 Å². The number of carboxylic acids is 1. The normalized spacial score (nSPS) is 10.7. The smallest absolute Gasteiger partial charge is 0.338 e. The van der Waals surface area contributed by atoms with E-state index >= 15 is 0 Å². The standard InChI is InChI=1S/C10H6N6O2S/c17-10(18)6-2-1-3-12-9(6)19-8-5-11-4-7-13-14-15-16(7)8/h1-5H,(H,17,18). The maximum Gasteiger partial charge on any atom is 0.338 e. The van der Waals surface area contributed by atoms with Gasteiger partial charge >= 0.3 is 5.97 Å². The van der Waals surface area contributed by atoms with Gasteiger partial charge in [-0.15, -0.1) is 5.10 Å². The maximum atomic E-state index is 11.1. The van der Waals surface area contributed by atoms with Crippen molar-refractivity contribution >= 4 is 23.4 Å². The lowest BCUT2D eigenvalue weighted by Crippen LogP contribution is -2.01. The summed E-state index contributed by atoms with van der Waals surface area (Å²) in [4.78, 5) is 19.2. The molecule has 1 N–H and O–H groups in total. The van der Waals surface area contributed by atoms with Gasteiger partial charge in [0.25, 0.3) is 0 Å². The summed E-state index contributed by atoms with van der Waals surface area (Å²) in [6.07, 6.45) is 4.59. The van der Waals surface area contributed by atoms with E-state index in [-0.39, 0.29) is 5.56 Å². The van der Waals surface area contributed by atoms with Crippen LogP contribution in [0.1, 0.15) is 10.4 Å². The van der Waals surface area contributed by atoms with E-state index in [1.54, 1.807) is 12.3 Å². The molecule has 0 atom stereocenters. The summed E-state index contributed by atoms with van der Waals surface area (Å²) in [5, 5.41) is 21.2. The fourth-order valence-electron chi connectivity index (χ4n) is 1.46. The van der Waals surface area contributed by atoms with E-state index in [0.29, 0.717) is 15.7 Å². The van der Waals surface area contributed by atoms with Gasteiger partial charge in [-0.25, -0.2) is 9.78 Å². The number of aromatic nitrogens is 6. The molecule has 0 unspecified atom stereocenters. The van der Waals surface area contributed by atoms with Crippen LogP contribution in [0.15, 0.2) is 40.8 Å². The molecule has 0 aliphatic carbocycles. The van der Waals surface area contributed by atoms with Gasteiger partial charge < -0.3 is 5.11 Å². The molecule has 94 valence electrons. The fraction of sp³-hybridized carbons (Fsp3) is 0. The van der Waals surface area contributed by atoms with Gasteiger partial charge in [-0.05, 0) is 34.3 Å². The van der Waals surface area contributed by atoms with E-state index in [4.69, 9.17) is 5.11 Å². The van der Waals surface area contributed by atoms with Crippen molar-refractivity contribution in [1.82, 2.24) is 30.0 Å². The summed E-state index contributed by atoms with van der Waals surface area (Å²) in [6.45, 7) is 0. The highest BCUT2D eigenvalue weighted by Gasteiger charge is 2.14. The first-order chi connectivity index (χ1) is 9.25. The number of fused-ring (bicyclic) bond motifs is 1. The van der Waals surface area contributed by atoms with E-state index in [0.717, 1.165) is 11.8 Å². The van der Waals surface area contributed by atoms with Gasteiger partial charge in [0.05, 0.1) is 18.0 Å². The minimum atomic E-state index is -1.03. The SMILES string of the molecule is O=C(O)c1cccnc1Sc1cncc2nnnn12. The van der Waals surface area contributed by atoms with Crippen LogP contribution in [0.2, 0.25) is 0 Å². The molecule has 9 heteroatoms. The minimum Gasteiger partial charge on any atom is -0.478 e. The van der Waals surface area contributed by atoms with Crippen LogP contribution in [-0.4, -0.2) is 41.1 Å². The molecule has 0 spiro atoms. The number of hydrogen-bond acceptors (Lipinski definition) is 7. The monoisotopic (exact) mass is 274 g/mol. The van der Waals surface area contributed by atoms with Crippen LogP contribution in [0, 0.1) is 0 Å². The summed E-state index contributed by atoms with van der Waals surface area (Å²) in [6, 6.07) is 3.06. The fourth-order valence-corrected chi connectivity index (χ4v) is 2.36. The molecule has 0 amide bonds. The number of rotatable bonds is 3. The third-order valence-corrected chi connectivity index (χ3v) is 3.29. The van der Waals surface area contributed by atoms with Crippen molar-refractivity contribution < 1.29 is 9.90 Å². The van der Waals surface area contributed by atoms with Crippen LogP contribution in [0.5, 0.6) is 0 Å². The van der Waals surface area contributed by atoms with E-state index < -0.39 is 5.97 Å². The molecular formula is C10H6N6O2S. The zero-order valence-electron chi connectivity index (χ0n) is 9.33. The first kappa shape index (κ1) is 11.5. The van der Waals surface area contributed by atoms with Crippen LogP contribution in [0.25, 0.3) is 5.65 Å². The molecule has 3 aromatic rings. The van der Waals surface area contributed by atoms with Crippen molar-refractivity contribution in [3.05, 3.63) is 36.3 Å². The zero-order chi connectivity index (χ0) is 13.2. The lowest BCUT2D eigenvalue weighted by molar-refractivity contribution is 0.0692. The van der Waals surface area contributed by atoms with Crippen molar-refractivity contribution in [3.8, 4) is 0 Å². The minimum absolute atomic E-state index is 0.123. The van der Waals surface area contributed by atoms with E-state index in [2.05, 4.69) is 25.5 Å². The van der Waals surface area contributed by atoms with Gasteiger partial charge in [0.2, 0.25) is 0 Å². The van der Waals surface area contributed by atoms with Crippen LogP contribution in [-0.2, 0) is 0 Å². The lowest BCUT2D eigenvalue weighted by atomic mass is 10.3. The number of pyridine rings is 1. The largest absolute Gasteiger partial charge is 0.478 e. The summed E-state index contributed by atoms with van der Waals surface area (Å²) >= 11 is 1.14. The highest BCUT2D eigenvalue weighted by atomic mass is 32.2. The number of hydrogen-bond donors (Lipinski definition) is 1. The second kappa shape index (κ2) is 4.61. The average molecular weight is 274 g/mol. The molecule has 0 saturated heterocycles. The van der Waals surface area contributed by atoms with Crippen LogP contribution < -0.4 is 0 Å². The highest BCUT2D eigenvalue weighted by Crippen LogP contribution is 2.27. The number of aromatic carboxylic acids is 1. The Morgan fingerprint density at radius 1 is 1.37 bits per heavy atom. The quantitative estimate of drug-likeness (QED) is 0.746. The molecule has 3 aromatic heterocycles. The van der Waals surface area contributed by atoms with E-state index in [9.17, 15) is 4.79 Å². The first-order valence-electron chi connectivity index (χ1n) is 5.14. The number of carbonyl (C=O) groups is 1. The molecule has 0 saturated carbocycles. The van der Waals surface area contributed by atoms with Crippen LogP contribution in [0.3, 0.4) is 0 Å². The van der Waals surface area contributed by atoms with Crippen molar-refractivity contribution in [2.45, 2.75) is 10.1 Å². The van der Waals surface area contributed by atoms with Gasteiger partial charge in [0.15, 0.2) is 5.65 Å². The topological polar surface area (TPSA) is 106 Å².